The minimum atomic E-state index is -0.227. The maximum Gasteiger partial charge on any atom is 0.326 e. The molecule has 0 bridgehead atoms. The summed E-state index contributed by atoms with van der Waals surface area (Å²) in [7, 11) is 0. The third-order valence-electron chi connectivity index (χ3n) is 0.485. The second-order valence-corrected chi connectivity index (χ2v) is 0.989. The summed E-state index contributed by atoms with van der Waals surface area (Å²) in [4.78, 5) is 13.1. The number of amides is 1. The van der Waals surface area contributed by atoms with E-state index < -0.39 is 0 Å². The van der Waals surface area contributed by atoms with Gasteiger partial charge in [0.25, 0.3) is 6.72 Å². The van der Waals surface area contributed by atoms with Crippen LogP contribution in [0.15, 0.2) is 5.11 Å². The first kappa shape index (κ1) is 6.05. The van der Waals surface area contributed by atoms with Gasteiger partial charge in [0.15, 0.2) is 5.11 Å². The van der Waals surface area contributed by atoms with Gasteiger partial charge in [-0.05, 0) is 0 Å². The quantitative estimate of drug-likeness (QED) is 0.264. The van der Waals surface area contributed by atoms with E-state index in [0.717, 1.165) is 0 Å². The van der Waals surface area contributed by atoms with Gasteiger partial charge in [-0.3, -0.25) is 4.79 Å². The molecule has 0 rings (SSSR count). The Morgan fingerprint density at radius 2 is 2.57 bits per heavy atom. The summed E-state index contributed by atoms with van der Waals surface area (Å²) in [5.41, 5.74) is 0. The smallest absolute Gasteiger partial charge is 0.265 e. The van der Waals surface area contributed by atoms with E-state index >= 15 is 0 Å². The van der Waals surface area contributed by atoms with Crippen molar-refractivity contribution in [2.75, 3.05) is 0 Å². The fourth-order valence-electron chi connectivity index (χ4n) is 0.150. The summed E-state index contributed by atoms with van der Waals surface area (Å²) in [6, 6.07) is 0. The molecular weight excluding hydrogens is 92.1 g/mol. The molecule has 38 valence electrons. The van der Waals surface area contributed by atoms with E-state index in [1.807, 2.05) is 0 Å². The Kier molecular flexibility index (Phi) is 2.81. The van der Waals surface area contributed by atoms with Crippen molar-refractivity contribution in [1.29, 1.82) is 0 Å². The Morgan fingerprint density at radius 1 is 2.00 bits per heavy atom. The van der Waals surface area contributed by atoms with Crippen molar-refractivity contribution in [2.24, 2.45) is 5.11 Å². The van der Waals surface area contributed by atoms with Crippen LogP contribution >= 0.6 is 0 Å². The van der Waals surface area contributed by atoms with Crippen molar-refractivity contribution < 1.29 is 9.58 Å². The highest BCUT2D eigenvalue weighted by Gasteiger charge is 1.95. The van der Waals surface area contributed by atoms with Crippen LogP contribution in [0, 0.1) is 0 Å². The maximum absolute atomic E-state index is 10.1. The first-order valence-corrected chi connectivity index (χ1v) is 2.00. The van der Waals surface area contributed by atoms with E-state index in [9.17, 15) is 4.79 Å². The van der Waals surface area contributed by atoms with Gasteiger partial charge in [-0.1, -0.05) is 6.92 Å². The number of hydrogen-bond donors (Lipinski definition) is 0. The van der Waals surface area contributed by atoms with Crippen LogP contribution in [0.1, 0.15) is 13.3 Å². The number of nitrogens with zero attached hydrogens (tertiary/aromatic N) is 2. The topological polar surface area (TPSA) is 43.5 Å². The fourth-order valence-corrected chi connectivity index (χ4v) is 0.150. The van der Waals surface area contributed by atoms with E-state index in [4.69, 9.17) is 0 Å². The molecule has 0 heterocycles. The molecule has 0 unspecified atom stereocenters. The van der Waals surface area contributed by atoms with Crippen LogP contribution in [0.5, 0.6) is 0 Å². The summed E-state index contributed by atoms with van der Waals surface area (Å²) >= 11 is 0. The van der Waals surface area contributed by atoms with Crippen LogP contribution in [0.25, 0.3) is 0 Å². The van der Waals surface area contributed by atoms with Crippen LogP contribution in [0.3, 0.4) is 0 Å². The number of carbonyl (C=O) groups excluding carboxylic acids is 1. The van der Waals surface area contributed by atoms with Gasteiger partial charge in [0.1, 0.15) is 0 Å². The molecule has 0 aromatic carbocycles. The lowest BCUT2D eigenvalue weighted by Crippen LogP contribution is -1.85. The predicted octanol–water partition coefficient (Wildman–Crippen LogP) is 0.284. The predicted molar refractivity (Wildman–Crippen MR) is 25.1 cm³/mol. The highest BCUT2D eigenvalue weighted by molar-refractivity contribution is 5.75. The molecule has 0 radical (unpaired) electrons. The Morgan fingerprint density at radius 3 is 2.71 bits per heavy atom. The van der Waals surface area contributed by atoms with Crippen LogP contribution < -0.4 is 0 Å². The van der Waals surface area contributed by atoms with Gasteiger partial charge in [0.05, 0.1) is 4.79 Å². The minimum Gasteiger partial charge on any atom is -0.265 e. The third kappa shape index (κ3) is 2.86. The van der Waals surface area contributed by atoms with Crippen molar-refractivity contribution >= 4 is 12.6 Å². The summed E-state index contributed by atoms with van der Waals surface area (Å²) < 4.78 is 0. The Hall–Kier alpha value is -0.950. The van der Waals surface area contributed by atoms with Gasteiger partial charge in [-0.2, -0.15) is 0 Å². The van der Waals surface area contributed by atoms with Gasteiger partial charge in [0.2, 0.25) is 0 Å². The molecule has 0 aromatic heterocycles. The zero-order valence-corrected chi connectivity index (χ0v) is 4.22. The van der Waals surface area contributed by atoms with Crippen molar-refractivity contribution in [3.05, 3.63) is 0 Å². The molecule has 1 amide bonds. The average Bonchev–Trinajstić information content (AvgIpc) is 1.68. The maximum atomic E-state index is 10.1. The second-order valence-electron chi connectivity index (χ2n) is 0.989. The zero-order valence-electron chi connectivity index (χ0n) is 4.22. The lowest BCUT2D eigenvalue weighted by Gasteiger charge is -1.65. The van der Waals surface area contributed by atoms with Crippen LogP contribution in [0.4, 0.5) is 0 Å². The molecule has 3 heteroatoms. The molecule has 7 heavy (non-hydrogen) atoms. The highest BCUT2D eigenvalue weighted by Crippen LogP contribution is 1.76. The van der Waals surface area contributed by atoms with Crippen LogP contribution in [-0.4, -0.2) is 17.4 Å². The molecule has 0 N–H and O–H groups in total. The molecule has 0 aliphatic heterocycles. The van der Waals surface area contributed by atoms with Gasteiger partial charge in [0, 0.05) is 6.42 Å². The molecule has 0 fully saturated rings. The molecule has 0 saturated carbocycles. The molecule has 0 atom stereocenters. The Bertz CT molecular complexity index is 113. The SMILES string of the molecule is C=[N+]=NC(=O)CC. The van der Waals surface area contributed by atoms with Gasteiger partial charge >= 0.3 is 5.91 Å². The van der Waals surface area contributed by atoms with E-state index in [0.29, 0.717) is 6.42 Å². The first-order valence-electron chi connectivity index (χ1n) is 2.00. The monoisotopic (exact) mass is 99.1 g/mol. The highest BCUT2D eigenvalue weighted by atomic mass is 16.1. The summed E-state index contributed by atoms with van der Waals surface area (Å²) in [5, 5.41) is 3.12. The molecule has 0 aliphatic rings. The summed E-state index contributed by atoms with van der Waals surface area (Å²) in [5.74, 6) is -0.227. The minimum absolute atomic E-state index is 0.227. The summed E-state index contributed by atoms with van der Waals surface area (Å²) in [6.07, 6.45) is 0.402. The van der Waals surface area contributed by atoms with Crippen LogP contribution in [-0.2, 0) is 4.79 Å². The third-order valence-corrected chi connectivity index (χ3v) is 0.485. The van der Waals surface area contributed by atoms with E-state index in [2.05, 4.69) is 16.6 Å². The molecule has 0 saturated heterocycles. The van der Waals surface area contributed by atoms with Crippen LogP contribution in [0.2, 0.25) is 0 Å². The molecule has 0 aromatic rings. The van der Waals surface area contributed by atoms with E-state index in [-0.39, 0.29) is 5.91 Å². The van der Waals surface area contributed by atoms with Crippen molar-refractivity contribution in [3.63, 3.8) is 0 Å². The standard InChI is InChI=1S/C4H7N2O/c1-3-4(7)6-5-2/h2-3H2,1H3/q+1. The number of hydrogen-bond acceptors (Lipinski definition) is 1. The number of carbonyl (C=O) groups is 1. The lowest BCUT2D eigenvalue weighted by atomic mass is 10.5. The van der Waals surface area contributed by atoms with E-state index in [1.165, 1.54) is 0 Å². The van der Waals surface area contributed by atoms with Gasteiger partial charge < -0.3 is 0 Å². The van der Waals surface area contributed by atoms with Gasteiger partial charge in [-0.15, -0.1) is 0 Å². The second kappa shape index (κ2) is 3.25. The molecule has 3 nitrogen and oxygen atoms in total. The van der Waals surface area contributed by atoms with Crippen molar-refractivity contribution in [2.45, 2.75) is 13.3 Å². The summed E-state index contributed by atoms with van der Waals surface area (Å²) in [6.45, 7) is 4.73. The van der Waals surface area contributed by atoms with E-state index in [1.54, 1.807) is 6.92 Å². The normalized spacial score (nSPS) is 7.00. The van der Waals surface area contributed by atoms with Gasteiger partial charge in [-0.25, -0.2) is 0 Å². The fraction of sp³-hybridized carbons (Fsp3) is 0.500. The van der Waals surface area contributed by atoms with Crippen molar-refractivity contribution in [1.82, 2.24) is 0 Å². The molecule has 0 aliphatic carbocycles. The largest absolute Gasteiger partial charge is 0.326 e. The molecule has 0 spiro atoms. The zero-order chi connectivity index (χ0) is 5.70. The average molecular weight is 99.1 g/mol. The lowest BCUT2D eigenvalue weighted by molar-refractivity contribution is -0.139. The Balaban J connectivity index is 3.58. The first-order chi connectivity index (χ1) is 3.31. The Labute approximate surface area is 41.8 Å². The van der Waals surface area contributed by atoms with Crippen molar-refractivity contribution in [3.8, 4) is 0 Å². The molecular formula is C4H7N2O+. The number of rotatable bonds is 1.